The van der Waals surface area contributed by atoms with Gasteiger partial charge in [0.05, 0.1) is 27.4 Å². The summed E-state index contributed by atoms with van der Waals surface area (Å²) in [6.07, 6.45) is 4.40. The molecule has 0 N–H and O–H groups in total. The smallest absolute Gasteiger partial charge is 0.126 e. The van der Waals surface area contributed by atoms with E-state index < -0.39 is 0 Å². The molecule has 4 nitrogen and oxygen atoms in total. The third-order valence-electron chi connectivity index (χ3n) is 4.29. The molecular formula is C17H23NO3. The molecule has 0 radical (unpaired) electrons. The van der Waals surface area contributed by atoms with Crippen LogP contribution in [0.15, 0.2) is 17.7 Å². The maximum Gasteiger partial charge on any atom is 0.126 e. The first-order chi connectivity index (χ1) is 10.3. The SMILES string of the molecule is COc1ccc(OC)c2c1C=C(CN1CCOCC1)CC2. The van der Waals surface area contributed by atoms with E-state index in [1.54, 1.807) is 14.2 Å². The molecule has 1 aliphatic carbocycles. The number of methoxy groups -OCH3 is 2. The Hall–Kier alpha value is -1.52. The topological polar surface area (TPSA) is 30.9 Å². The van der Waals surface area contributed by atoms with Crippen molar-refractivity contribution in [3.05, 3.63) is 28.8 Å². The molecule has 0 amide bonds. The minimum Gasteiger partial charge on any atom is -0.496 e. The summed E-state index contributed by atoms with van der Waals surface area (Å²) in [6, 6.07) is 3.99. The normalized spacial score (nSPS) is 18.9. The fraction of sp³-hybridized carbons (Fsp3) is 0.529. The summed E-state index contributed by atoms with van der Waals surface area (Å²) < 4.78 is 16.4. The average molecular weight is 289 g/mol. The molecule has 0 bridgehead atoms. The van der Waals surface area contributed by atoms with Crippen molar-refractivity contribution in [3.8, 4) is 11.5 Å². The van der Waals surface area contributed by atoms with Crippen LogP contribution in [0, 0.1) is 0 Å². The minimum absolute atomic E-state index is 0.848. The molecule has 0 aromatic heterocycles. The van der Waals surface area contributed by atoms with Gasteiger partial charge in [-0.2, -0.15) is 0 Å². The highest BCUT2D eigenvalue weighted by Gasteiger charge is 2.20. The van der Waals surface area contributed by atoms with Crippen LogP contribution in [0.5, 0.6) is 11.5 Å². The molecule has 0 unspecified atom stereocenters. The second-order valence-corrected chi connectivity index (χ2v) is 5.55. The van der Waals surface area contributed by atoms with E-state index in [1.165, 1.54) is 16.7 Å². The number of morpholine rings is 1. The van der Waals surface area contributed by atoms with Gasteiger partial charge in [0.15, 0.2) is 0 Å². The van der Waals surface area contributed by atoms with Crippen molar-refractivity contribution in [2.24, 2.45) is 0 Å². The summed E-state index contributed by atoms with van der Waals surface area (Å²) in [5, 5.41) is 0. The molecule has 21 heavy (non-hydrogen) atoms. The summed E-state index contributed by atoms with van der Waals surface area (Å²) >= 11 is 0. The highest BCUT2D eigenvalue weighted by molar-refractivity contribution is 5.69. The Balaban J connectivity index is 1.85. The van der Waals surface area contributed by atoms with Gasteiger partial charge in [0.1, 0.15) is 11.5 Å². The molecular weight excluding hydrogens is 266 g/mol. The first kappa shape index (κ1) is 14.4. The van der Waals surface area contributed by atoms with Crippen LogP contribution in [0.2, 0.25) is 0 Å². The molecule has 4 heteroatoms. The molecule has 1 saturated heterocycles. The second kappa shape index (κ2) is 6.50. The maximum atomic E-state index is 5.52. The van der Waals surface area contributed by atoms with Crippen LogP contribution in [0.1, 0.15) is 17.5 Å². The molecule has 1 aromatic rings. The molecule has 1 fully saturated rings. The predicted octanol–water partition coefficient (Wildman–Crippen LogP) is 2.37. The summed E-state index contributed by atoms with van der Waals surface area (Å²) in [5.41, 5.74) is 3.92. The van der Waals surface area contributed by atoms with Gasteiger partial charge in [0, 0.05) is 30.8 Å². The highest BCUT2D eigenvalue weighted by atomic mass is 16.5. The Morgan fingerprint density at radius 1 is 1.05 bits per heavy atom. The molecule has 2 aliphatic rings. The van der Waals surface area contributed by atoms with Crippen molar-refractivity contribution in [2.75, 3.05) is 47.1 Å². The van der Waals surface area contributed by atoms with Gasteiger partial charge in [-0.1, -0.05) is 11.6 Å². The minimum atomic E-state index is 0.848. The molecule has 1 aromatic carbocycles. The molecule has 114 valence electrons. The summed E-state index contributed by atoms with van der Waals surface area (Å²) in [7, 11) is 3.46. The van der Waals surface area contributed by atoms with Crippen molar-refractivity contribution >= 4 is 6.08 Å². The number of hydrogen-bond donors (Lipinski definition) is 0. The fourth-order valence-corrected chi connectivity index (χ4v) is 3.14. The third-order valence-corrected chi connectivity index (χ3v) is 4.29. The quantitative estimate of drug-likeness (QED) is 0.851. The van der Waals surface area contributed by atoms with Crippen LogP contribution in [-0.4, -0.2) is 52.0 Å². The number of benzene rings is 1. The van der Waals surface area contributed by atoms with Gasteiger partial charge in [0.25, 0.3) is 0 Å². The van der Waals surface area contributed by atoms with Gasteiger partial charge in [0.2, 0.25) is 0 Å². The van der Waals surface area contributed by atoms with Crippen LogP contribution < -0.4 is 9.47 Å². The van der Waals surface area contributed by atoms with Crippen LogP contribution in [0.3, 0.4) is 0 Å². The molecule has 0 atom stereocenters. The van der Waals surface area contributed by atoms with E-state index >= 15 is 0 Å². The van der Waals surface area contributed by atoms with Crippen molar-refractivity contribution in [1.29, 1.82) is 0 Å². The zero-order valence-electron chi connectivity index (χ0n) is 12.9. The summed E-state index contributed by atoms with van der Waals surface area (Å²) in [5.74, 6) is 1.90. The average Bonchev–Trinajstić information content (AvgIpc) is 2.54. The first-order valence-corrected chi connectivity index (χ1v) is 7.55. The van der Waals surface area contributed by atoms with Crippen LogP contribution >= 0.6 is 0 Å². The van der Waals surface area contributed by atoms with Crippen LogP contribution in [-0.2, 0) is 11.2 Å². The molecule has 0 spiro atoms. The van der Waals surface area contributed by atoms with E-state index in [-0.39, 0.29) is 0 Å². The first-order valence-electron chi connectivity index (χ1n) is 7.55. The van der Waals surface area contributed by atoms with Crippen molar-refractivity contribution in [2.45, 2.75) is 12.8 Å². The molecule has 3 rings (SSSR count). The summed E-state index contributed by atoms with van der Waals surface area (Å²) in [6.45, 7) is 4.78. The number of hydrogen-bond acceptors (Lipinski definition) is 4. The van der Waals surface area contributed by atoms with E-state index in [2.05, 4.69) is 11.0 Å². The highest BCUT2D eigenvalue weighted by Crippen LogP contribution is 2.37. The van der Waals surface area contributed by atoms with Crippen molar-refractivity contribution in [1.82, 2.24) is 4.90 Å². The van der Waals surface area contributed by atoms with E-state index in [0.717, 1.165) is 57.2 Å². The summed E-state index contributed by atoms with van der Waals surface area (Å²) in [4.78, 5) is 2.47. The van der Waals surface area contributed by atoms with Gasteiger partial charge < -0.3 is 14.2 Å². The Kier molecular flexibility index (Phi) is 4.46. The van der Waals surface area contributed by atoms with Gasteiger partial charge >= 0.3 is 0 Å². The number of fused-ring (bicyclic) bond motifs is 1. The Bertz CT molecular complexity index is 533. The lowest BCUT2D eigenvalue weighted by Gasteiger charge is -2.29. The van der Waals surface area contributed by atoms with E-state index in [4.69, 9.17) is 14.2 Å². The Labute approximate surface area is 126 Å². The largest absolute Gasteiger partial charge is 0.496 e. The Morgan fingerprint density at radius 3 is 2.48 bits per heavy atom. The lowest BCUT2D eigenvalue weighted by Crippen LogP contribution is -2.37. The van der Waals surface area contributed by atoms with Gasteiger partial charge in [-0.25, -0.2) is 0 Å². The third kappa shape index (κ3) is 3.06. The monoisotopic (exact) mass is 289 g/mol. The second-order valence-electron chi connectivity index (χ2n) is 5.55. The zero-order valence-corrected chi connectivity index (χ0v) is 12.9. The number of ether oxygens (including phenoxy) is 3. The lowest BCUT2D eigenvalue weighted by molar-refractivity contribution is 0.0420. The Morgan fingerprint density at radius 2 is 1.76 bits per heavy atom. The predicted molar refractivity (Wildman–Crippen MR) is 83.1 cm³/mol. The van der Waals surface area contributed by atoms with E-state index in [9.17, 15) is 0 Å². The number of rotatable bonds is 4. The fourth-order valence-electron chi connectivity index (χ4n) is 3.14. The maximum absolute atomic E-state index is 5.52. The van der Waals surface area contributed by atoms with Gasteiger partial charge in [-0.15, -0.1) is 0 Å². The molecule has 1 aliphatic heterocycles. The zero-order chi connectivity index (χ0) is 14.7. The van der Waals surface area contributed by atoms with Gasteiger partial charge in [-0.05, 0) is 25.0 Å². The standard InChI is InChI=1S/C17H23NO3/c1-19-16-5-6-17(20-2)15-11-13(3-4-14(15)16)12-18-7-9-21-10-8-18/h5-6,11H,3-4,7-10,12H2,1-2H3. The molecule has 0 saturated carbocycles. The van der Waals surface area contributed by atoms with E-state index in [0.29, 0.717) is 0 Å². The van der Waals surface area contributed by atoms with Crippen LogP contribution in [0.4, 0.5) is 0 Å². The number of nitrogens with zero attached hydrogens (tertiary/aromatic N) is 1. The lowest BCUT2D eigenvalue weighted by atomic mass is 9.90. The molecule has 1 heterocycles. The van der Waals surface area contributed by atoms with Crippen molar-refractivity contribution in [3.63, 3.8) is 0 Å². The van der Waals surface area contributed by atoms with Gasteiger partial charge in [-0.3, -0.25) is 4.90 Å². The van der Waals surface area contributed by atoms with Crippen molar-refractivity contribution < 1.29 is 14.2 Å². The van der Waals surface area contributed by atoms with E-state index in [1.807, 2.05) is 12.1 Å². The van der Waals surface area contributed by atoms with Crippen LogP contribution in [0.25, 0.3) is 6.08 Å².